The Kier molecular flexibility index (Phi) is 2.99. The molecule has 0 atom stereocenters. The summed E-state index contributed by atoms with van der Waals surface area (Å²) in [6, 6.07) is 7.26. The van der Waals surface area contributed by atoms with Gasteiger partial charge in [0.1, 0.15) is 0 Å². The van der Waals surface area contributed by atoms with Crippen LogP contribution in [0, 0.1) is 18.3 Å². The minimum Gasteiger partial charge on any atom is -0.408 e. The molecule has 0 saturated carbocycles. The Morgan fingerprint density at radius 2 is 2.17 bits per heavy atom. The molecule has 2 rings (SSSR count). The number of nitrogens with one attached hydrogen (secondary N) is 1. The molecule has 8 heteroatoms. The van der Waals surface area contributed by atoms with Gasteiger partial charge in [-0.3, -0.25) is 0 Å². The summed E-state index contributed by atoms with van der Waals surface area (Å²) in [6.45, 7) is 1.54. The molecule has 1 aromatic heterocycles. The number of anilines is 1. The van der Waals surface area contributed by atoms with Crippen LogP contribution in [-0.4, -0.2) is 18.6 Å². The van der Waals surface area contributed by atoms with Gasteiger partial charge in [-0.1, -0.05) is 11.2 Å². The van der Waals surface area contributed by atoms with Crippen LogP contribution in [0.3, 0.4) is 0 Å². The van der Waals surface area contributed by atoms with E-state index in [1.165, 1.54) is 24.3 Å². The van der Waals surface area contributed by atoms with Crippen molar-refractivity contribution in [2.24, 2.45) is 0 Å². The Labute approximate surface area is 103 Å². The number of sulfonamides is 1. The zero-order chi connectivity index (χ0) is 13.2. The minimum atomic E-state index is -3.83. The van der Waals surface area contributed by atoms with Gasteiger partial charge in [-0.05, 0) is 18.2 Å². The van der Waals surface area contributed by atoms with Crippen LogP contribution in [0.2, 0.25) is 0 Å². The Morgan fingerprint density at radius 1 is 1.39 bits per heavy atom. The van der Waals surface area contributed by atoms with Crippen LogP contribution >= 0.6 is 0 Å². The second kappa shape index (κ2) is 4.46. The highest BCUT2D eigenvalue weighted by atomic mass is 32.2. The summed E-state index contributed by atoms with van der Waals surface area (Å²) in [7, 11) is -3.83. The van der Waals surface area contributed by atoms with Gasteiger partial charge in [0, 0.05) is 6.92 Å². The van der Waals surface area contributed by atoms with Crippen molar-refractivity contribution in [2.75, 3.05) is 4.72 Å². The van der Waals surface area contributed by atoms with Crippen LogP contribution in [0.5, 0.6) is 0 Å². The zero-order valence-corrected chi connectivity index (χ0v) is 10.1. The molecule has 0 radical (unpaired) electrons. The molecule has 0 spiro atoms. The highest BCUT2D eigenvalue weighted by Gasteiger charge is 2.17. The van der Waals surface area contributed by atoms with Gasteiger partial charge in [-0.2, -0.15) is 5.26 Å². The van der Waals surface area contributed by atoms with Crippen LogP contribution < -0.4 is 4.72 Å². The molecule has 0 aliphatic heterocycles. The summed E-state index contributed by atoms with van der Waals surface area (Å²) in [6.07, 6.45) is 0. The van der Waals surface area contributed by atoms with E-state index in [-0.39, 0.29) is 22.4 Å². The second-order valence-corrected chi connectivity index (χ2v) is 5.05. The molecule has 1 heterocycles. The van der Waals surface area contributed by atoms with E-state index in [1.807, 2.05) is 6.07 Å². The molecular formula is C10H8N4O3S. The van der Waals surface area contributed by atoms with Crippen LogP contribution in [-0.2, 0) is 10.0 Å². The molecule has 0 fully saturated rings. The van der Waals surface area contributed by atoms with Gasteiger partial charge in [-0.25, -0.2) is 13.1 Å². The van der Waals surface area contributed by atoms with Gasteiger partial charge >= 0.3 is 6.01 Å². The number of nitriles is 1. The third-order valence-corrected chi connectivity index (χ3v) is 3.34. The average Bonchev–Trinajstić information content (AvgIpc) is 2.74. The highest BCUT2D eigenvalue weighted by Crippen LogP contribution is 2.15. The fourth-order valence-electron chi connectivity index (χ4n) is 1.24. The van der Waals surface area contributed by atoms with Gasteiger partial charge < -0.3 is 4.42 Å². The molecule has 0 aliphatic rings. The predicted octanol–water partition coefficient (Wildman–Crippen LogP) is 1.05. The van der Waals surface area contributed by atoms with E-state index in [4.69, 9.17) is 9.68 Å². The number of benzene rings is 1. The molecule has 18 heavy (non-hydrogen) atoms. The molecular weight excluding hydrogens is 256 g/mol. The van der Waals surface area contributed by atoms with Crippen LogP contribution in [0.15, 0.2) is 33.6 Å². The molecule has 0 amide bonds. The van der Waals surface area contributed by atoms with Crippen molar-refractivity contribution in [3.05, 3.63) is 35.7 Å². The molecule has 1 aromatic carbocycles. The summed E-state index contributed by atoms with van der Waals surface area (Å²) < 4.78 is 30.9. The summed E-state index contributed by atoms with van der Waals surface area (Å²) in [4.78, 5) is -0.0441. The van der Waals surface area contributed by atoms with E-state index in [0.717, 1.165) is 0 Å². The normalized spacial score (nSPS) is 10.9. The third-order valence-electron chi connectivity index (χ3n) is 2.02. The number of nitrogens with zero attached hydrogens (tertiary/aromatic N) is 3. The Morgan fingerprint density at radius 3 is 2.78 bits per heavy atom. The van der Waals surface area contributed by atoms with Crippen molar-refractivity contribution in [3.8, 4) is 6.07 Å². The molecule has 92 valence electrons. The molecule has 0 saturated heterocycles. The lowest BCUT2D eigenvalue weighted by molar-refractivity contribution is 0.534. The first-order valence-electron chi connectivity index (χ1n) is 4.84. The summed E-state index contributed by atoms with van der Waals surface area (Å²) in [5.41, 5.74) is 0.250. The van der Waals surface area contributed by atoms with Gasteiger partial charge in [0.25, 0.3) is 10.0 Å². The summed E-state index contributed by atoms with van der Waals surface area (Å²) in [5.74, 6) is 0.249. The number of hydrogen-bond donors (Lipinski definition) is 1. The second-order valence-electron chi connectivity index (χ2n) is 3.37. The van der Waals surface area contributed by atoms with Crippen molar-refractivity contribution in [1.29, 1.82) is 5.26 Å². The Balaban J connectivity index is 2.34. The predicted molar refractivity (Wildman–Crippen MR) is 61.0 cm³/mol. The van der Waals surface area contributed by atoms with Gasteiger partial charge in [0.15, 0.2) is 0 Å². The Bertz CT molecular complexity index is 715. The first-order valence-corrected chi connectivity index (χ1v) is 6.33. The molecule has 0 aliphatic carbocycles. The van der Waals surface area contributed by atoms with E-state index >= 15 is 0 Å². The topological polar surface area (TPSA) is 109 Å². The number of hydrogen-bond acceptors (Lipinski definition) is 6. The van der Waals surface area contributed by atoms with Crippen LogP contribution in [0.1, 0.15) is 11.5 Å². The quantitative estimate of drug-likeness (QED) is 0.887. The summed E-state index contributed by atoms with van der Waals surface area (Å²) in [5, 5.41) is 15.7. The van der Waals surface area contributed by atoms with E-state index in [9.17, 15) is 8.42 Å². The fraction of sp³-hybridized carbons (Fsp3) is 0.100. The fourth-order valence-corrected chi connectivity index (χ4v) is 2.21. The van der Waals surface area contributed by atoms with Crippen molar-refractivity contribution in [1.82, 2.24) is 10.2 Å². The van der Waals surface area contributed by atoms with Crippen molar-refractivity contribution < 1.29 is 12.8 Å². The SMILES string of the molecule is Cc1nnc(NS(=O)(=O)c2cccc(C#N)c2)o1. The maximum Gasteiger partial charge on any atom is 0.329 e. The van der Waals surface area contributed by atoms with E-state index in [0.29, 0.717) is 0 Å². The first-order chi connectivity index (χ1) is 8.51. The third kappa shape index (κ3) is 2.46. The number of rotatable bonds is 3. The lowest BCUT2D eigenvalue weighted by Crippen LogP contribution is -2.13. The van der Waals surface area contributed by atoms with Gasteiger partial charge in [-0.15, -0.1) is 5.10 Å². The maximum absolute atomic E-state index is 11.9. The average molecular weight is 264 g/mol. The molecule has 0 bridgehead atoms. The van der Waals surface area contributed by atoms with E-state index in [2.05, 4.69) is 14.9 Å². The standard InChI is InChI=1S/C10H8N4O3S/c1-7-12-13-10(17-7)14-18(15,16)9-4-2-3-8(5-9)6-11/h2-5H,1H3,(H,13,14). The lowest BCUT2D eigenvalue weighted by atomic mass is 10.2. The van der Waals surface area contributed by atoms with E-state index in [1.54, 1.807) is 6.92 Å². The Hall–Kier alpha value is -2.40. The lowest BCUT2D eigenvalue weighted by Gasteiger charge is -2.03. The van der Waals surface area contributed by atoms with E-state index < -0.39 is 10.0 Å². The number of aryl methyl sites for hydroxylation is 1. The highest BCUT2D eigenvalue weighted by molar-refractivity contribution is 7.92. The first kappa shape index (κ1) is 12.1. The van der Waals surface area contributed by atoms with Gasteiger partial charge in [0.2, 0.25) is 5.89 Å². The van der Waals surface area contributed by atoms with Gasteiger partial charge in [0.05, 0.1) is 16.5 Å². The van der Waals surface area contributed by atoms with Crippen LogP contribution in [0.4, 0.5) is 6.01 Å². The van der Waals surface area contributed by atoms with Crippen LogP contribution in [0.25, 0.3) is 0 Å². The monoisotopic (exact) mass is 264 g/mol. The maximum atomic E-state index is 11.9. The summed E-state index contributed by atoms with van der Waals surface area (Å²) >= 11 is 0. The van der Waals surface area contributed by atoms with Crippen molar-refractivity contribution in [2.45, 2.75) is 11.8 Å². The van der Waals surface area contributed by atoms with Crippen molar-refractivity contribution >= 4 is 16.0 Å². The smallest absolute Gasteiger partial charge is 0.329 e. The molecule has 2 aromatic rings. The largest absolute Gasteiger partial charge is 0.408 e. The molecule has 0 unspecified atom stereocenters. The molecule has 7 nitrogen and oxygen atoms in total. The minimum absolute atomic E-state index is 0.0441. The van der Waals surface area contributed by atoms with Crippen molar-refractivity contribution in [3.63, 3.8) is 0 Å². The zero-order valence-electron chi connectivity index (χ0n) is 9.28. The number of aromatic nitrogens is 2. The molecule has 1 N–H and O–H groups in total.